The number of nitrogen functional groups attached to an aromatic ring is 1. The van der Waals surface area contributed by atoms with Gasteiger partial charge in [0, 0.05) is 30.1 Å². The van der Waals surface area contributed by atoms with Crippen molar-refractivity contribution in [1.82, 2.24) is 13.7 Å². The van der Waals surface area contributed by atoms with Crippen LogP contribution in [0.1, 0.15) is 66.5 Å². The number of aromatic nitrogens is 3. The molecule has 6 rings (SSSR count). The van der Waals surface area contributed by atoms with E-state index >= 15 is 4.39 Å². The number of piperidine rings is 1. The topological polar surface area (TPSA) is 135 Å². The maximum atomic E-state index is 15.2. The molecule has 0 saturated carbocycles. The van der Waals surface area contributed by atoms with Gasteiger partial charge in [0.2, 0.25) is 5.62 Å². The Morgan fingerprint density at radius 1 is 0.943 bits per heavy atom. The van der Waals surface area contributed by atoms with E-state index in [0.29, 0.717) is 45.9 Å². The summed E-state index contributed by atoms with van der Waals surface area (Å²) in [5.41, 5.74) is 8.58. The number of amides is 1. The minimum atomic E-state index is -0.854. The number of imidazole rings is 1. The van der Waals surface area contributed by atoms with Crippen LogP contribution < -0.4 is 16.3 Å². The van der Waals surface area contributed by atoms with E-state index in [0.717, 1.165) is 10.9 Å². The van der Waals surface area contributed by atoms with Gasteiger partial charge in [0.15, 0.2) is 0 Å². The van der Waals surface area contributed by atoms with Crippen LogP contribution in [0.4, 0.5) is 25.4 Å². The van der Waals surface area contributed by atoms with Crippen molar-refractivity contribution in [3.05, 3.63) is 88.9 Å². The average molecular weight is 747 g/mol. The second-order valence-electron chi connectivity index (χ2n) is 15.2. The zero-order valence-electron chi connectivity index (χ0n) is 30.9. The van der Waals surface area contributed by atoms with E-state index in [1.807, 2.05) is 33.7 Å². The zero-order valence-corrected chi connectivity index (χ0v) is 31.6. The molecule has 5 aromatic rings. The lowest BCUT2D eigenvalue weighted by Gasteiger charge is -2.40. The highest BCUT2D eigenvalue weighted by Crippen LogP contribution is 2.35. The van der Waals surface area contributed by atoms with Gasteiger partial charge in [-0.15, -0.1) is 4.99 Å². The lowest BCUT2D eigenvalue weighted by Crippen LogP contribution is -2.49. The van der Waals surface area contributed by atoms with Crippen molar-refractivity contribution >= 4 is 63.1 Å². The lowest BCUT2D eigenvalue weighted by molar-refractivity contribution is -0.148. The predicted molar refractivity (Wildman–Crippen MR) is 202 cm³/mol. The van der Waals surface area contributed by atoms with Crippen molar-refractivity contribution in [2.75, 3.05) is 23.7 Å². The quantitative estimate of drug-likeness (QED) is 0.109. The average Bonchev–Trinajstić information content (AvgIpc) is 3.60. The zero-order chi connectivity index (χ0) is 38.4. The Bertz CT molecular complexity index is 2300. The first-order valence-corrected chi connectivity index (χ1v) is 17.7. The molecule has 1 aliphatic heterocycles. The Labute approximate surface area is 311 Å². The number of hydrogen-bond donors (Lipinski definition) is 1. The molecule has 280 valence electrons. The number of benzene rings is 3. The molecule has 1 fully saturated rings. The highest BCUT2D eigenvalue weighted by molar-refractivity contribution is 6.31. The number of nitrogens with two attached hydrogens (primary N) is 1. The van der Waals surface area contributed by atoms with Crippen LogP contribution in [-0.2, 0) is 25.5 Å². The first-order valence-electron chi connectivity index (χ1n) is 17.4. The van der Waals surface area contributed by atoms with Gasteiger partial charge < -0.3 is 34.0 Å². The summed E-state index contributed by atoms with van der Waals surface area (Å²) >= 11 is 6.33. The highest BCUT2D eigenvalue weighted by atomic mass is 35.5. The molecule has 14 heteroatoms. The summed E-state index contributed by atoms with van der Waals surface area (Å²) in [5.74, 6) is -1.01. The van der Waals surface area contributed by atoms with E-state index in [1.54, 1.807) is 76.6 Å². The molecule has 0 spiro atoms. The fraction of sp³-hybridized carbons (Fsp3) is 0.385. The van der Waals surface area contributed by atoms with Crippen LogP contribution in [0.15, 0.2) is 71.9 Å². The number of ether oxygens (including phenoxy) is 3. The molecule has 1 amide bonds. The van der Waals surface area contributed by atoms with Crippen LogP contribution in [-0.4, -0.2) is 62.3 Å². The number of halogens is 2. The summed E-state index contributed by atoms with van der Waals surface area (Å²) in [6.07, 6.45) is -0.0896. The van der Waals surface area contributed by atoms with Crippen molar-refractivity contribution in [3.8, 4) is 0 Å². The van der Waals surface area contributed by atoms with Gasteiger partial charge in [0.1, 0.15) is 23.1 Å². The maximum Gasteiger partial charge on any atom is 0.437 e. The maximum absolute atomic E-state index is 15.2. The van der Waals surface area contributed by atoms with Crippen LogP contribution >= 0.6 is 11.6 Å². The van der Waals surface area contributed by atoms with Crippen molar-refractivity contribution in [1.29, 1.82) is 0 Å². The summed E-state index contributed by atoms with van der Waals surface area (Å²) in [5, 5.41) is 1.27. The number of rotatable bonds is 5. The third-order valence-corrected chi connectivity index (χ3v) is 9.01. The monoisotopic (exact) mass is 746 g/mol. The molecule has 0 radical (unpaired) electrons. The molecule has 53 heavy (non-hydrogen) atoms. The van der Waals surface area contributed by atoms with E-state index in [1.165, 1.54) is 23.6 Å². The Hall–Kier alpha value is -5.30. The lowest BCUT2D eigenvalue weighted by atomic mass is 10.00. The molecule has 1 aliphatic rings. The summed E-state index contributed by atoms with van der Waals surface area (Å²) < 4.78 is 37.5. The fourth-order valence-electron chi connectivity index (χ4n) is 6.77. The van der Waals surface area contributed by atoms with Crippen LogP contribution in [0, 0.1) is 5.82 Å². The van der Waals surface area contributed by atoms with E-state index in [2.05, 4.69) is 4.99 Å². The van der Waals surface area contributed by atoms with Crippen molar-refractivity contribution in [3.63, 3.8) is 0 Å². The molecular formula is C39H44ClFN6O6. The van der Waals surface area contributed by atoms with Crippen molar-refractivity contribution in [2.24, 2.45) is 4.99 Å². The number of anilines is 2. The molecule has 3 heterocycles. The summed E-state index contributed by atoms with van der Waals surface area (Å²) in [6.45, 7) is 12.8. The van der Waals surface area contributed by atoms with Gasteiger partial charge in [-0.25, -0.2) is 14.0 Å². The van der Waals surface area contributed by atoms with Gasteiger partial charge in [-0.3, -0.25) is 9.36 Å². The minimum Gasteiger partial charge on any atom is -0.458 e. The molecule has 1 saturated heterocycles. The first kappa shape index (κ1) is 37.5. The number of carbonyl (C=O) groups excluding carboxylic acids is 3. The normalized spacial score (nSPS) is 17.0. The Balaban J connectivity index is 1.53. The third-order valence-electron chi connectivity index (χ3n) is 8.78. The Morgan fingerprint density at radius 2 is 1.68 bits per heavy atom. The second-order valence-corrected chi connectivity index (χ2v) is 15.6. The van der Waals surface area contributed by atoms with Gasteiger partial charge in [0.25, 0.3) is 0 Å². The molecular weight excluding hydrogens is 703 g/mol. The van der Waals surface area contributed by atoms with Gasteiger partial charge in [-0.05, 0) is 102 Å². The standard InChI is InChI=1S/C39H44ClFN6O6/c1-23(48)51-34-22-44(32-19-25(40)11-13-28(32)42)17-16-31(34)47-33-20-26(41)12-14-30(33)46(35(47)43-36(49)52-38(2,3)4)21-24-9-8-10-29-27(24)15-18-45(29)37(50)53-39(5,6)7/h8-15,18-20,31,34H,16-17,21-22,42H2,1-7H3/b43-35+/t31-,34-/m0/s1. The molecule has 0 unspecified atom stereocenters. The van der Waals surface area contributed by atoms with E-state index in [9.17, 15) is 14.4 Å². The molecule has 0 aliphatic carbocycles. The Kier molecular flexibility index (Phi) is 10.1. The van der Waals surface area contributed by atoms with Crippen LogP contribution in [0.2, 0.25) is 5.02 Å². The van der Waals surface area contributed by atoms with Crippen LogP contribution in [0.25, 0.3) is 21.9 Å². The van der Waals surface area contributed by atoms with Gasteiger partial charge in [0.05, 0.1) is 47.1 Å². The minimum absolute atomic E-state index is 0.168. The largest absolute Gasteiger partial charge is 0.458 e. The third kappa shape index (κ3) is 8.20. The van der Waals surface area contributed by atoms with Gasteiger partial charge in [-0.2, -0.15) is 0 Å². The number of carbonyl (C=O) groups is 3. The smallest absolute Gasteiger partial charge is 0.437 e. The molecule has 2 atom stereocenters. The van der Waals surface area contributed by atoms with E-state index in [-0.39, 0.29) is 18.7 Å². The van der Waals surface area contributed by atoms with E-state index in [4.69, 9.17) is 31.5 Å². The first-order chi connectivity index (χ1) is 24.9. The summed E-state index contributed by atoms with van der Waals surface area (Å²) in [6, 6.07) is 16.3. The van der Waals surface area contributed by atoms with Crippen molar-refractivity contribution < 1.29 is 33.0 Å². The molecule has 2 N–H and O–H groups in total. The fourth-order valence-corrected chi connectivity index (χ4v) is 6.94. The number of esters is 1. The second kappa shape index (κ2) is 14.3. The molecule has 2 aromatic heterocycles. The summed E-state index contributed by atoms with van der Waals surface area (Å²) in [4.78, 5) is 45.7. The molecule has 12 nitrogen and oxygen atoms in total. The van der Waals surface area contributed by atoms with Crippen LogP contribution in [0.5, 0.6) is 0 Å². The van der Waals surface area contributed by atoms with E-state index < -0.39 is 47.3 Å². The van der Waals surface area contributed by atoms with Crippen molar-refractivity contribution in [2.45, 2.75) is 84.8 Å². The highest BCUT2D eigenvalue weighted by Gasteiger charge is 2.36. The number of nitrogens with zero attached hydrogens (tertiary/aromatic N) is 5. The molecule has 0 bridgehead atoms. The van der Waals surface area contributed by atoms with Gasteiger partial charge in [-0.1, -0.05) is 23.7 Å². The molecule has 3 aromatic carbocycles. The SMILES string of the molecule is CC(=O)O[C@H]1CN(c2cc(Cl)ccc2N)CC[C@@H]1n1/c(=N/C(=O)OC(C)(C)C)n(Cc2cccc3c2ccn3C(=O)OC(C)(C)C)c2ccc(F)cc21. The van der Waals surface area contributed by atoms with Crippen LogP contribution in [0.3, 0.4) is 0 Å². The predicted octanol–water partition coefficient (Wildman–Crippen LogP) is 7.82. The number of hydrogen-bond acceptors (Lipinski definition) is 8. The Morgan fingerprint density at radius 3 is 2.38 bits per heavy atom. The summed E-state index contributed by atoms with van der Waals surface area (Å²) in [7, 11) is 0. The number of fused-ring (bicyclic) bond motifs is 2. The van der Waals surface area contributed by atoms with Gasteiger partial charge >= 0.3 is 18.2 Å².